The lowest BCUT2D eigenvalue weighted by molar-refractivity contribution is 0.0664. The quantitative estimate of drug-likeness (QED) is 0.265. The smallest absolute Gasteiger partial charge is 0.253 e. The first-order valence-corrected chi connectivity index (χ1v) is 15.3. The van der Waals surface area contributed by atoms with Crippen LogP contribution >= 0.6 is 11.8 Å². The van der Waals surface area contributed by atoms with Crippen LogP contribution < -0.4 is 4.90 Å². The number of benzene rings is 2. The number of amides is 1. The number of hydrogen-bond donors (Lipinski definition) is 0. The molecule has 0 bridgehead atoms. The van der Waals surface area contributed by atoms with Crippen LogP contribution in [0.4, 0.5) is 5.82 Å². The fraction of sp³-hybridized carbons (Fsp3) is 0.406. The fourth-order valence-electron chi connectivity index (χ4n) is 5.10. The number of likely N-dealkylation sites (N-methyl/N-ethyl adjacent to an activating group) is 1. The van der Waals surface area contributed by atoms with Crippen LogP contribution in [-0.2, 0) is 17.1 Å². The molecule has 0 N–H and O–H groups in total. The Balaban J connectivity index is 1.18. The van der Waals surface area contributed by atoms with Gasteiger partial charge in [-0.25, -0.2) is 9.97 Å². The van der Waals surface area contributed by atoms with Crippen molar-refractivity contribution in [1.82, 2.24) is 24.7 Å². The molecule has 2 saturated heterocycles. The van der Waals surface area contributed by atoms with E-state index in [9.17, 15) is 4.79 Å². The summed E-state index contributed by atoms with van der Waals surface area (Å²) in [5.41, 5.74) is 3.96. The van der Waals surface area contributed by atoms with Crippen LogP contribution in [0.1, 0.15) is 27.2 Å². The molecule has 3 heterocycles. The van der Waals surface area contributed by atoms with Gasteiger partial charge in [-0.3, -0.25) is 9.69 Å². The number of aromatic nitrogens is 2. The minimum absolute atomic E-state index is 0.111. The Hall–Kier alpha value is -3.24. The number of carbonyl (C=O) groups is 1. The third-order valence-corrected chi connectivity index (χ3v) is 8.46. The van der Waals surface area contributed by atoms with Crippen LogP contribution in [0, 0.1) is 0 Å². The Kier molecular flexibility index (Phi) is 10.4. The molecule has 0 unspecified atom stereocenters. The fourth-order valence-corrected chi connectivity index (χ4v) is 5.92. The Morgan fingerprint density at radius 3 is 2.46 bits per heavy atom. The number of hydrogen-bond acceptors (Lipinski definition) is 8. The maximum atomic E-state index is 13.1. The molecule has 3 aromatic rings. The van der Waals surface area contributed by atoms with Gasteiger partial charge in [0.1, 0.15) is 5.82 Å². The SMILES string of the molecule is COCc1cc(N2CCN(C/C=C/c3ccccc3)CC2)nc(SCc2cccc(C(=O)N3CCN(C)CC3)c2)n1. The van der Waals surface area contributed by atoms with Crippen molar-refractivity contribution in [2.75, 3.05) is 78.0 Å². The molecular formula is C32H40N6O2S. The minimum atomic E-state index is 0.111. The summed E-state index contributed by atoms with van der Waals surface area (Å²) in [5.74, 6) is 1.76. The van der Waals surface area contributed by atoms with E-state index in [1.165, 1.54) is 5.56 Å². The van der Waals surface area contributed by atoms with E-state index >= 15 is 0 Å². The first-order valence-electron chi connectivity index (χ1n) is 14.3. The van der Waals surface area contributed by atoms with Crippen LogP contribution in [0.5, 0.6) is 0 Å². The molecule has 0 aliphatic carbocycles. The number of methoxy groups -OCH3 is 1. The number of anilines is 1. The number of carbonyl (C=O) groups excluding carboxylic acids is 1. The first-order chi connectivity index (χ1) is 20.1. The minimum Gasteiger partial charge on any atom is -0.378 e. The molecule has 1 amide bonds. The monoisotopic (exact) mass is 572 g/mol. The maximum absolute atomic E-state index is 13.1. The molecule has 2 aliphatic heterocycles. The highest BCUT2D eigenvalue weighted by Gasteiger charge is 2.21. The lowest BCUT2D eigenvalue weighted by Crippen LogP contribution is -2.47. The maximum Gasteiger partial charge on any atom is 0.253 e. The van der Waals surface area contributed by atoms with Gasteiger partial charge < -0.3 is 19.4 Å². The van der Waals surface area contributed by atoms with E-state index < -0.39 is 0 Å². The van der Waals surface area contributed by atoms with Crippen molar-refractivity contribution in [2.45, 2.75) is 17.5 Å². The zero-order valence-electron chi connectivity index (χ0n) is 24.1. The van der Waals surface area contributed by atoms with Gasteiger partial charge >= 0.3 is 0 Å². The molecular weight excluding hydrogens is 532 g/mol. The number of piperazine rings is 2. The van der Waals surface area contributed by atoms with E-state index in [4.69, 9.17) is 14.7 Å². The lowest BCUT2D eigenvalue weighted by Gasteiger charge is -2.35. The van der Waals surface area contributed by atoms with Crippen LogP contribution in [0.3, 0.4) is 0 Å². The van der Waals surface area contributed by atoms with Crippen LogP contribution in [0.25, 0.3) is 6.08 Å². The second kappa shape index (κ2) is 14.6. The molecule has 0 atom stereocenters. The summed E-state index contributed by atoms with van der Waals surface area (Å²) in [6.45, 7) is 8.58. The zero-order valence-corrected chi connectivity index (χ0v) is 24.9. The summed E-state index contributed by atoms with van der Waals surface area (Å²) >= 11 is 1.60. The molecule has 41 heavy (non-hydrogen) atoms. The summed E-state index contributed by atoms with van der Waals surface area (Å²) < 4.78 is 5.41. The molecule has 0 saturated carbocycles. The van der Waals surface area contributed by atoms with Gasteiger partial charge in [0, 0.05) is 83.4 Å². The molecule has 5 rings (SSSR count). The van der Waals surface area contributed by atoms with Gasteiger partial charge in [0.15, 0.2) is 5.16 Å². The zero-order chi connectivity index (χ0) is 28.4. The Morgan fingerprint density at radius 2 is 1.71 bits per heavy atom. The van der Waals surface area contributed by atoms with Gasteiger partial charge in [0.2, 0.25) is 0 Å². The van der Waals surface area contributed by atoms with Gasteiger partial charge in [-0.15, -0.1) is 0 Å². The highest BCUT2D eigenvalue weighted by atomic mass is 32.2. The third-order valence-electron chi connectivity index (χ3n) is 7.54. The van der Waals surface area contributed by atoms with Crippen molar-refractivity contribution in [3.63, 3.8) is 0 Å². The number of nitrogens with zero attached hydrogens (tertiary/aromatic N) is 6. The van der Waals surface area contributed by atoms with Crippen molar-refractivity contribution in [1.29, 1.82) is 0 Å². The molecule has 9 heteroatoms. The number of thioether (sulfide) groups is 1. The molecule has 2 fully saturated rings. The van der Waals surface area contributed by atoms with Crippen LogP contribution in [0.15, 0.2) is 71.9 Å². The third kappa shape index (κ3) is 8.39. The van der Waals surface area contributed by atoms with E-state index in [2.05, 4.69) is 64.2 Å². The van der Waals surface area contributed by atoms with Crippen molar-refractivity contribution in [3.05, 3.63) is 89.1 Å². The van der Waals surface area contributed by atoms with Crippen molar-refractivity contribution >= 4 is 29.6 Å². The first kappa shape index (κ1) is 29.3. The van der Waals surface area contributed by atoms with Crippen molar-refractivity contribution in [3.8, 4) is 0 Å². The van der Waals surface area contributed by atoms with Gasteiger partial charge in [-0.2, -0.15) is 0 Å². The van der Waals surface area contributed by atoms with Gasteiger partial charge in [-0.05, 0) is 30.3 Å². The Labute approximate surface area is 248 Å². The molecule has 8 nitrogen and oxygen atoms in total. The number of rotatable bonds is 10. The predicted molar refractivity (Wildman–Crippen MR) is 166 cm³/mol. The summed E-state index contributed by atoms with van der Waals surface area (Å²) in [5, 5.41) is 0.735. The summed E-state index contributed by atoms with van der Waals surface area (Å²) in [6.07, 6.45) is 4.43. The van der Waals surface area contributed by atoms with E-state index in [-0.39, 0.29) is 5.91 Å². The standard InChI is InChI=1S/C32H40N6O2S/c1-35-14-18-38(19-15-35)31(39)28-12-6-10-27(22-28)25-41-32-33-29(24-40-2)23-30(34-32)37-20-16-36(17-21-37)13-7-11-26-8-4-3-5-9-26/h3-12,22-23H,13-21,24-25H2,1-2H3/b11-7+. The van der Waals surface area contributed by atoms with Gasteiger partial charge in [-0.1, -0.05) is 66.4 Å². The summed E-state index contributed by atoms with van der Waals surface area (Å²) in [6, 6.07) is 20.5. The van der Waals surface area contributed by atoms with Crippen LogP contribution in [0.2, 0.25) is 0 Å². The van der Waals surface area contributed by atoms with Crippen LogP contribution in [-0.4, -0.2) is 104 Å². The summed E-state index contributed by atoms with van der Waals surface area (Å²) in [4.78, 5) is 31.8. The second-order valence-corrected chi connectivity index (χ2v) is 11.6. The molecule has 1 aromatic heterocycles. The summed E-state index contributed by atoms with van der Waals surface area (Å²) in [7, 11) is 3.79. The number of ether oxygens (including phenoxy) is 1. The predicted octanol–water partition coefficient (Wildman–Crippen LogP) is 4.14. The van der Waals surface area contributed by atoms with Crippen molar-refractivity contribution < 1.29 is 9.53 Å². The van der Waals surface area contributed by atoms with Gasteiger partial charge in [0.05, 0.1) is 12.3 Å². The van der Waals surface area contributed by atoms with Crippen molar-refractivity contribution in [2.24, 2.45) is 0 Å². The topological polar surface area (TPSA) is 65.0 Å². The lowest BCUT2D eigenvalue weighted by atomic mass is 10.1. The van der Waals surface area contributed by atoms with E-state index in [0.717, 1.165) is 86.7 Å². The highest BCUT2D eigenvalue weighted by Crippen LogP contribution is 2.25. The van der Waals surface area contributed by atoms with Gasteiger partial charge in [0.25, 0.3) is 5.91 Å². The van der Waals surface area contributed by atoms with E-state index in [1.54, 1.807) is 18.9 Å². The molecule has 2 aromatic carbocycles. The molecule has 0 spiro atoms. The molecule has 2 aliphatic rings. The largest absolute Gasteiger partial charge is 0.378 e. The highest BCUT2D eigenvalue weighted by molar-refractivity contribution is 7.98. The average molecular weight is 573 g/mol. The average Bonchev–Trinajstić information content (AvgIpc) is 3.01. The van der Waals surface area contributed by atoms with E-state index in [0.29, 0.717) is 12.4 Å². The molecule has 216 valence electrons. The Morgan fingerprint density at radius 1 is 0.927 bits per heavy atom. The van der Waals surface area contributed by atoms with E-state index in [1.807, 2.05) is 35.2 Å². The molecule has 0 radical (unpaired) electrons. The second-order valence-electron chi connectivity index (χ2n) is 10.6. The Bertz CT molecular complexity index is 1300. The normalized spacial score (nSPS) is 16.9.